The van der Waals surface area contributed by atoms with Gasteiger partial charge in [0.05, 0.1) is 57.3 Å². The summed E-state index contributed by atoms with van der Waals surface area (Å²) >= 11 is 0. The van der Waals surface area contributed by atoms with Crippen molar-refractivity contribution in [2.24, 2.45) is 50.2 Å². The van der Waals surface area contributed by atoms with Crippen LogP contribution < -0.4 is 0 Å². The lowest BCUT2D eigenvalue weighted by molar-refractivity contribution is -0.375. The maximum atomic E-state index is 15.3. The molecule has 97 heavy (non-hydrogen) atoms. The lowest BCUT2D eigenvalue weighted by atomic mass is 9.33. The van der Waals surface area contributed by atoms with Crippen LogP contribution in [-0.4, -0.2) is 327 Å². The summed E-state index contributed by atoms with van der Waals surface area (Å²) in [5, 5.41) is 206. The van der Waals surface area contributed by atoms with Crippen LogP contribution in [0.15, 0.2) is 11.6 Å². The number of aliphatic hydroxyl groups is 19. The lowest BCUT2D eigenvalue weighted by Crippen LogP contribution is -2.67. The van der Waals surface area contributed by atoms with Gasteiger partial charge in [0, 0.05) is 5.41 Å². The van der Waals surface area contributed by atoms with E-state index in [2.05, 4.69) is 40.7 Å². The highest BCUT2D eigenvalue weighted by Crippen LogP contribution is 2.76. The van der Waals surface area contributed by atoms with Gasteiger partial charge in [-0.2, -0.15) is 0 Å². The Kier molecular flexibility index (Phi) is 22.6. The molecule has 0 aromatic heterocycles. The van der Waals surface area contributed by atoms with Crippen LogP contribution in [0.5, 0.6) is 0 Å². The molecule has 0 amide bonds. The first-order chi connectivity index (χ1) is 45.6. The molecular formula is C65H106O32. The third-order valence-electron chi connectivity index (χ3n) is 25.4. The zero-order chi connectivity index (χ0) is 70.7. The first-order valence-corrected chi connectivity index (χ1v) is 34.3. The van der Waals surface area contributed by atoms with Crippen LogP contribution in [0.25, 0.3) is 0 Å². The Bertz CT molecular complexity index is 2710. The Labute approximate surface area is 561 Å². The average Bonchev–Trinajstić information content (AvgIpc) is 0.675. The smallest absolute Gasteiger partial charge is 0.315 e. The summed E-state index contributed by atoms with van der Waals surface area (Å²) in [6, 6.07) is 0. The standard InChI is InChI=1S/C65H106O32/c1-25-36(70)40(74)46(80)55(88-25)95-51-29(20-67)90-53(49(83)43(51)77)86-22-31-38(72)42(76)48(82)58(93-31)97-59(85)65-16-14-60(2,3)18-27(65)26-8-9-34-61(4)12-11-35(62(5,24-69)33(61)10-13-64(34,7)63(26,6)15-17-65)94-54-45(79)39(73)32(23-87-54)92-56-50(84)44(78)52(30(21-68)91-56)96-57-47(81)41(75)37(71)28(19-66)89-57/h8,25,27-58,66-84H,9-24H2,1-7H3. The molecule has 6 heterocycles. The average molecular weight is 1400 g/mol. The van der Waals surface area contributed by atoms with Crippen molar-refractivity contribution in [2.45, 2.75) is 297 Å². The highest BCUT2D eigenvalue weighted by molar-refractivity contribution is 5.79. The van der Waals surface area contributed by atoms with Crippen molar-refractivity contribution in [1.29, 1.82) is 0 Å². The Hall–Kier alpha value is -1.99. The molecule has 19 N–H and O–H groups in total. The van der Waals surface area contributed by atoms with E-state index < -0.39 is 239 Å². The van der Waals surface area contributed by atoms with E-state index in [4.69, 9.17) is 56.8 Å². The van der Waals surface area contributed by atoms with Crippen molar-refractivity contribution in [3.05, 3.63) is 11.6 Å². The minimum absolute atomic E-state index is 0.0768. The fourth-order valence-corrected chi connectivity index (χ4v) is 19.1. The van der Waals surface area contributed by atoms with Crippen molar-refractivity contribution in [3.63, 3.8) is 0 Å². The number of fused-ring (bicyclic) bond motifs is 7. The summed E-state index contributed by atoms with van der Waals surface area (Å²) in [6.45, 7) is 10.9. The molecule has 10 fully saturated rings. The summed E-state index contributed by atoms with van der Waals surface area (Å²) in [5.74, 6) is -1.01. The summed E-state index contributed by atoms with van der Waals surface area (Å²) in [7, 11) is 0. The maximum absolute atomic E-state index is 15.3. The van der Waals surface area contributed by atoms with Gasteiger partial charge in [-0.3, -0.25) is 4.79 Å². The molecule has 11 aliphatic rings. The molecule has 0 aromatic carbocycles. The minimum Gasteiger partial charge on any atom is -0.432 e. The molecular weight excluding hydrogens is 1290 g/mol. The molecule has 38 unspecified atom stereocenters. The summed E-state index contributed by atoms with van der Waals surface area (Å²) in [4.78, 5) is 15.3. The van der Waals surface area contributed by atoms with Crippen molar-refractivity contribution in [3.8, 4) is 0 Å². The fourth-order valence-electron chi connectivity index (χ4n) is 19.1. The largest absolute Gasteiger partial charge is 0.432 e. The van der Waals surface area contributed by atoms with E-state index in [-0.39, 0.29) is 40.6 Å². The lowest BCUT2D eigenvalue weighted by Gasteiger charge is -2.71. The van der Waals surface area contributed by atoms with Crippen LogP contribution in [0.4, 0.5) is 0 Å². The van der Waals surface area contributed by atoms with Crippen molar-refractivity contribution >= 4 is 5.97 Å². The molecule has 32 nitrogen and oxygen atoms in total. The molecule has 0 bridgehead atoms. The number of aliphatic hydroxyl groups excluding tert-OH is 19. The number of esters is 1. The van der Waals surface area contributed by atoms with E-state index in [1.165, 1.54) is 6.92 Å². The Balaban J connectivity index is 0.732. The molecule has 38 atom stereocenters. The van der Waals surface area contributed by atoms with Gasteiger partial charge in [-0.15, -0.1) is 0 Å². The SMILES string of the molecule is CC1OC(OC2C(CO)OC(OCC3OC(OC(=O)C45CCC(C)(C)CC4C4=CCC6C7(C)CCC(OC8OCC(OC9OC(CO)C(OC%10OC(CO)C(O)C(O)C%10O)C(O)C9O)C(O)C8O)C(C)(CO)C7CCC6(C)C4(C)CC5)C(O)C(O)C3O)C(O)C2O)C(O)C(O)C1O. The van der Waals surface area contributed by atoms with Crippen molar-refractivity contribution in [1.82, 2.24) is 0 Å². The van der Waals surface area contributed by atoms with E-state index >= 15 is 4.79 Å². The van der Waals surface area contributed by atoms with Crippen LogP contribution in [0.2, 0.25) is 0 Å². The molecule has 32 heteroatoms. The van der Waals surface area contributed by atoms with E-state index in [1.807, 2.05) is 6.92 Å². The summed E-state index contributed by atoms with van der Waals surface area (Å²) in [5.41, 5.74) is -2.20. The van der Waals surface area contributed by atoms with Crippen LogP contribution in [0.1, 0.15) is 113 Å². The highest BCUT2D eigenvalue weighted by Gasteiger charge is 2.71. The number of rotatable bonds is 17. The topological polar surface area (TPSA) is 512 Å². The third kappa shape index (κ3) is 13.2. The van der Waals surface area contributed by atoms with Gasteiger partial charge >= 0.3 is 5.97 Å². The summed E-state index contributed by atoms with van der Waals surface area (Å²) < 4.78 is 70.3. The van der Waals surface area contributed by atoms with Gasteiger partial charge in [0.15, 0.2) is 31.5 Å². The number of ether oxygens (including phenoxy) is 12. The first kappa shape index (κ1) is 76.1. The first-order valence-electron chi connectivity index (χ1n) is 34.3. The van der Waals surface area contributed by atoms with E-state index in [0.29, 0.717) is 57.8 Å². The number of carbonyl (C=O) groups is 1. The van der Waals surface area contributed by atoms with Crippen LogP contribution in [0, 0.1) is 50.2 Å². The molecule has 4 saturated carbocycles. The van der Waals surface area contributed by atoms with E-state index in [9.17, 15) is 97.0 Å². The molecule has 0 spiro atoms. The van der Waals surface area contributed by atoms with Crippen LogP contribution in [-0.2, 0) is 61.6 Å². The van der Waals surface area contributed by atoms with Gasteiger partial charge in [0.2, 0.25) is 6.29 Å². The van der Waals surface area contributed by atoms with Gasteiger partial charge in [-0.1, -0.05) is 53.2 Å². The van der Waals surface area contributed by atoms with E-state index in [0.717, 1.165) is 12.0 Å². The Morgan fingerprint density at radius 1 is 0.495 bits per heavy atom. The molecule has 11 rings (SSSR count). The monoisotopic (exact) mass is 1400 g/mol. The second-order valence-corrected chi connectivity index (χ2v) is 31.3. The normalized spacial score (nSPS) is 54.7. The maximum Gasteiger partial charge on any atom is 0.315 e. The Morgan fingerprint density at radius 3 is 1.63 bits per heavy atom. The highest BCUT2D eigenvalue weighted by atomic mass is 16.8. The molecule has 0 aromatic rings. The predicted molar refractivity (Wildman–Crippen MR) is 322 cm³/mol. The Morgan fingerprint density at radius 2 is 1.01 bits per heavy atom. The van der Waals surface area contributed by atoms with Gasteiger partial charge in [0.25, 0.3) is 0 Å². The number of hydrogen-bond acceptors (Lipinski definition) is 32. The quantitative estimate of drug-likeness (QED) is 0.0366. The second-order valence-electron chi connectivity index (χ2n) is 31.3. The van der Waals surface area contributed by atoms with Gasteiger partial charge in [0.1, 0.15) is 134 Å². The zero-order valence-electron chi connectivity index (χ0n) is 55.7. The number of hydrogen-bond donors (Lipinski definition) is 19. The van der Waals surface area contributed by atoms with Crippen LogP contribution in [0.3, 0.4) is 0 Å². The van der Waals surface area contributed by atoms with Gasteiger partial charge in [-0.05, 0) is 111 Å². The molecule has 6 saturated heterocycles. The van der Waals surface area contributed by atoms with Crippen molar-refractivity contribution in [2.75, 3.05) is 39.6 Å². The fraction of sp³-hybridized carbons (Fsp3) is 0.954. The predicted octanol–water partition coefficient (Wildman–Crippen LogP) is -5.75. The number of carbonyl (C=O) groups excluding carboxylic acids is 1. The summed E-state index contributed by atoms with van der Waals surface area (Å²) in [6.07, 6.45) is -41.0. The zero-order valence-corrected chi connectivity index (χ0v) is 55.7. The van der Waals surface area contributed by atoms with E-state index in [1.54, 1.807) is 0 Å². The third-order valence-corrected chi connectivity index (χ3v) is 25.4. The number of allylic oxidation sites excluding steroid dienone is 2. The molecule has 6 aliphatic heterocycles. The minimum atomic E-state index is -1.93. The van der Waals surface area contributed by atoms with Gasteiger partial charge < -0.3 is 154 Å². The van der Waals surface area contributed by atoms with Crippen molar-refractivity contribution < 1.29 is 159 Å². The van der Waals surface area contributed by atoms with Gasteiger partial charge in [-0.25, -0.2) is 0 Å². The van der Waals surface area contributed by atoms with Crippen LogP contribution >= 0.6 is 0 Å². The molecule has 0 radical (unpaired) electrons. The molecule has 558 valence electrons. The molecule has 5 aliphatic carbocycles. The second kappa shape index (κ2) is 28.8.